The fraction of sp³-hybridized carbons (Fsp3) is 0.647. The lowest BCUT2D eigenvalue weighted by atomic mass is 10.0. The van der Waals surface area contributed by atoms with Crippen LogP contribution in [0.1, 0.15) is 52.1 Å². The molecule has 1 N–H and O–H groups in total. The molecule has 0 aromatic heterocycles. The molecule has 2 unspecified atom stereocenters. The van der Waals surface area contributed by atoms with Crippen LogP contribution in [0.5, 0.6) is 0 Å². The summed E-state index contributed by atoms with van der Waals surface area (Å²) in [7, 11) is 0. The molecule has 0 fully saturated rings. The van der Waals surface area contributed by atoms with E-state index in [1.54, 1.807) is 0 Å². The third kappa shape index (κ3) is 5.33. The lowest BCUT2D eigenvalue weighted by Gasteiger charge is -2.31. The van der Waals surface area contributed by atoms with Crippen LogP contribution in [0, 0.1) is 0 Å². The van der Waals surface area contributed by atoms with Crippen molar-refractivity contribution in [3.63, 3.8) is 0 Å². The smallest absolute Gasteiger partial charge is 0.0472 e. The van der Waals surface area contributed by atoms with Gasteiger partial charge in [-0.05, 0) is 32.0 Å². The second kappa shape index (κ2) is 9.11. The quantitative estimate of drug-likeness (QED) is 0.727. The molecule has 0 radical (unpaired) electrons. The zero-order valence-electron chi connectivity index (χ0n) is 13.0. The first kappa shape index (κ1) is 16.2. The van der Waals surface area contributed by atoms with Crippen molar-refractivity contribution < 1.29 is 0 Å². The Morgan fingerprint density at radius 2 is 1.68 bits per heavy atom. The van der Waals surface area contributed by atoms with Gasteiger partial charge in [-0.25, -0.2) is 0 Å². The van der Waals surface area contributed by atoms with Gasteiger partial charge >= 0.3 is 0 Å². The molecule has 1 rings (SSSR count). The first-order valence-corrected chi connectivity index (χ1v) is 7.75. The summed E-state index contributed by atoms with van der Waals surface area (Å²) < 4.78 is 0. The third-order valence-corrected chi connectivity index (χ3v) is 3.82. The predicted molar refractivity (Wildman–Crippen MR) is 84.5 cm³/mol. The van der Waals surface area contributed by atoms with Gasteiger partial charge in [0.1, 0.15) is 0 Å². The Bertz CT molecular complexity index is 319. The van der Waals surface area contributed by atoms with Crippen LogP contribution in [0.2, 0.25) is 0 Å². The lowest BCUT2D eigenvalue weighted by molar-refractivity contribution is 0.208. The third-order valence-electron chi connectivity index (χ3n) is 3.82. The average molecular weight is 262 g/mol. The van der Waals surface area contributed by atoms with Gasteiger partial charge in [0.2, 0.25) is 0 Å². The average Bonchev–Trinajstić information content (AvgIpc) is 2.44. The van der Waals surface area contributed by atoms with E-state index in [9.17, 15) is 0 Å². The summed E-state index contributed by atoms with van der Waals surface area (Å²) in [4.78, 5) is 2.53. The van der Waals surface area contributed by atoms with Gasteiger partial charge in [-0.1, -0.05) is 57.5 Å². The number of likely N-dealkylation sites (N-methyl/N-ethyl adjacent to an activating group) is 1. The molecule has 108 valence electrons. The molecular formula is C17H30N2. The topological polar surface area (TPSA) is 15.3 Å². The molecule has 0 aliphatic rings. The van der Waals surface area contributed by atoms with Crippen molar-refractivity contribution in [2.75, 3.05) is 19.6 Å². The van der Waals surface area contributed by atoms with E-state index in [1.165, 1.54) is 18.4 Å². The molecule has 1 aromatic carbocycles. The fourth-order valence-corrected chi connectivity index (χ4v) is 2.65. The number of hydrogen-bond donors (Lipinski definition) is 1. The van der Waals surface area contributed by atoms with Crippen LogP contribution in [0.4, 0.5) is 0 Å². The highest BCUT2D eigenvalue weighted by Crippen LogP contribution is 2.19. The van der Waals surface area contributed by atoms with E-state index < -0.39 is 0 Å². The predicted octanol–water partition coefficient (Wildman–Crippen LogP) is 3.85. The second-order valence-corrected chi connectivity index (χ2v) is 5.25. The fourth-order valence-electron chi connectivity index (χ4n) is 2.65. The first-order valence-electron chi connectivity index (χ1n) is 7.75. The molecule has 2 atom stereocenters. The van der Waals surface area contributed by atoms with Crippen LogP contribution in [0.25, 0.3) is 0 Å². The maximum absolute atomic E-state index is 3.69. The number of benzene rings is 1. The number of rotatable bonds is 9. The van der Waals surface area contributed by atoms with Gasteiger partial charge in [0.25, 0.3) is 0 Å². The van der Waals surface area contributed by atoms with E-state index >= 15 is 0 Å². The molecule has 0 amide bonds. The van der Waals surface area contributed by atoms with Gasteiger partial charge in [0.05, 0.1) is 0 Å². The minimum atomic E-state index is 0.482. The van der Waals surface area contributed by atoms with Crippen molar-refractivity contribution in [2.45, 2.75) is 52.6 Å². The molecule has 0 aliphatic carbocycles. The van der Waals surface area contributed by atoms with Gasteiger partial charge in [-0.2, -0.15) is 0 Å². The highest BCUT2D eigenvalue weighted by molar-refractivity contribution is 5.19. The van der Waals surface area contributed by atoms with Crippen LogP contribution in [-0.4, -0.2) is 30.6 Å². The normalized spacial score (nSPS) is 14.6. The molecule has 0 heterocycles. The van der Waals surface area contributed by atoms with Crippen LogP contribution in [0.3, 0.4) is 0 Å². The Kier molecular flexibility index (Phi) is 7.76. The monoisotopic (exact) mass is 262 g/mol. The van der Waals surface area contributed by atoms with E-state index in [0.29, 0.717) is 12.1 Å². The summed E-state index contributed by atoms with van der Waals surface area (Å²) in [6.45, 7) is 12.3. The molecule has 2 heteroatoms. The lowest BCUT2D eigenvalue weighted by Crippen LogP contribution is -2.38. The summed E-state index contributed by atoms with van der Waals surface area (Å²) in [5.74, 6) is 0. The van der Waals surface area contributed by atoms with E-state index in [1.807, 2.05) is 0 Å². The SMILES string of the molecule is CCCC(C)NCC(c1ccccc1)N(CC)CC. The van der Waals surface area contributed by atoms with Gasteiger partial charge in [0.15, 0.2) is 0 Å². The highest BCUT2D eigenvalue weighted by atomic mass is 15.2. The maximum atomic E-state index is 3.69. The summed E-state index contributed by atoms with van der Waals surface area (Å²) in [6, 6.07) is 11.9. The van der Waals surface area contributed by atoms with E-state index in [-0.39, 0.29) is 0 Å². The minimum Gasteiger partial charge on any atom is -0.312 e. The Labute approximate surface area is 119 Å². The van der Waals surface area contributed by atoms with Crippen LogP contribution >= 0.6 is 0 Å². The Balaban J connectivity index is 2.70. The standard InChI is InChI=1S/C17H30N2/c1-5-11-15(4)18-14-17(19(6-2)7-3)16-12-9-8-10-13-16/h8-10,12-13,15,17-18H,5-7,11,14H2,1-4H3. The Morgan fingerprint density at radius 1 is 1.05 bits per heavy atom. The molecule has 1 aromatic rings. The molecule has 0 saturated carbocycles. The van der Waals surface area contributed by atoms with Gasteiger partial charge < -0.3 is 5.32 Å². The number of nitrogens with zero attached hydrogens (tertiary/aromatic N) is 1. The van der Waals surface area contributed by atoms with Gasteiger partial charge in [0, 0.05) is 18.6 Å². The van der Waals surface area contributed by atoms with Crippen LogP contribution in [0.15, 0.2) is 30.3 Å². The van der Waals surface area contributed by atoms with E-state index in [0.717, 1.165) is 19.6 Å². The second-order valence-electron chi connectivity index (χ2n) is 5.25. The number of hydrogen-bond acceptors (Lipinski definition) is 2. The zero-order chi connectivity index (χ0) is 14.1. The molecule has 0 saturated heterocycles. The van der Waals surface area contributed by atoms with E-state index in [4.69, 9.17) is 0 Å². The Hall–Kier alpha value is -0.860. The summed E-state index contributed by atoms with van der Waals surface area (Å²) in [6.07, 6.45) is 2.50. The van der Waals surface area contributed by atoms with Crippen LogP contribution < -0.4 is 5.32 Å². The minimum absolute atomic E-state index is 0.482. The van der Waals surface area contributed by atoms with Crippen molar-refractivity contribution in [2.24, 2.45) is 0 Å². The van der Waals surface area contributed by atoms with E-state index in [2.05, 4.69) is 68.2 Å². The van der Waals surface area contributed by atoms with Crippen molar-refractivity contribution in [1.29, 1.82) is 0 Å². The van der Waals surface area contributed by atoms with Crippen LogP contribution in [-0.2, 0) is 0 Å². The molecular weight excluding hydrogens is 232 g/mol. The van der Waals surface area contributed by atoms with Crippen molar-refractivity contribution >= 4 is 0 Å². The summed E-state index contributed by atoms with van der Waals surface area (Å²) in [5.41, 5.74) is 1.42. The molecule has 19 heavy (non-hydrogen) atoms. The zero-order valence-corrected chi connectivity index (χ0v) is 13.0. The van der Waals surface area contributed by atoms with Crippen molar-refractivity contribution in [1.82, 2.24) is 10.2 Å². The number of nitrogens with one attached hydrogen (secondary N) is 1. The molecule has 0 aliphatic heterocycles. The summed E-state index contributed by atoms with van der Waals surface area (Å²) in [5, 5.41) is 3.69. The maximum Gasteiger partial charge on any atom is 0.0472 e. The largest absolute Gasteiger partial charge is 0.312 e. The molecule has 2 nitrogen and oxygen atoms in total. The molecule has 0 bridgehead atoms. The first-order chi connectivity index (χ1) is 9.22. The highest BCUT2D eigenvalue weighted by Gasteiger charge is 2.17. The van der Waals surface area contributed by atoms with Gasteiger partial charge in [-0.3, -0.25) is 4.90 Å². The van der Waals surface area contributed by atoms with Crippen molar-refractivity contribution in [3.8, 4) is 0 Å². The summed E-state index contributed by atoms with van der Waals surface area (Å²) >= 11 is 0. The molecule has 0 spiro atoms. The van der Waals surface area contributed by atoms with Gasteiger partial charge in [-0.15, -0.1) is 0 Å². The van der Waals surface area contributed by atoms with Crippen molar-refractivity contribution in [3.05, 3.63) is 35.9 Å². The Morgan fingerprint density at radius 3 is 2.21 bits per heavy atom.